The minimum absolute atomic E-state index is 0.211. The number of guanidine groups is 1. The number of aliphatic imine (C=N–C) groups is 1. The molecule has 8 heteroatoms. The molecule has 0 aliphatic carbocycles. The lowest BCUT2D eigenvalue weighted by Crippen LogP contribution is -2.39. The number of rotatable bonds is 9. The van der Waals surface area contributed by atoms with E-state index in [0.29, 0.717) is 30.2 Å². The third kappa shape index (κ3) is 6.56. The number of methoxy groups -OCH3 is 2. The van der Waals surface area contributed by atoms with Crippen molar-refractivity contribution in [1.29, 1.82) is 0 Å². The fraction of sp³-hybridized carbons (Fsp3) is 0.364. The fourth-order valence-electron chi connectivity index (χ4n) is 2.85. The number of ether oxygens (including phenoxy) is 2. The molecule has 0 saturated carbocycles. The van der Waals surface area contributed by atoms with Crippen LogP contribution in [-0.4, -0.2) is 57.7 Å². The van der Waals surface area contributed by atoms with Crippen LogP contribution in [0.5, 0.6) is 11.5 Å². The Kier molecular flexibility index (Phi) is 9.28. The summed E-state index contributed by atoms with van der Waals surface area (Å²) in [6.45, 7) is 4.18. The summed E-state index contributed by atoms with van der Waals surface area (Å²) in [7, 11) is 5.22. The minimum Gasteiger partial charge on any atom is -0.497 e. The molecule has 2 rings (SSSR count). The molecule has 2 N–H and O–H groups in total. The molecule has 0 atom stereocenters. The van der Waals surface area contributed by atoms with Gasteiger partial charge in [-0.05, 0) is 31.2 Å². The summed E-state index contributed by atoms with van der Waals surface area (Å²) >= 11 is 6.06. The minimum atomic E-state index is -0.211. The zero-order chi connectivity index (χ0) is 21.9. The van der Waals surface area contributed by atoms with Gasteiger partial charge in [0.05, 0.1) is 31.4 Å². The van der Waals surface area contributed by atoms with Crippen molar-refractivity contribution in [2.75, 3.05) is 40.9 Å². The topological polar surface area (TPSA) is 75.2 Å². The van der Waals surface area contributed by atoms with E-state index in [2.05, 4.69) is 15.6 Å². The van der Waals surface area contributed by atoms with Crippen LogP contribution < -0.4 is 20.1 Å². The van der Waals surface area contributed by atoms with Crippen molar-refractivity contribution in [3.8, 4) is 11.5 Å². The Morgan fingerprint density at radius 3 is 2.57 bits per heavy atom. The zero-order valence-corrected chi connectivity index (χ0v) is 18.6. The molecule has 7 nitrogen and oxygen atoms in total. The Morgan fingerprint density at radius 2 is 1.90 bits per heavy atom. The first-order valence-electron chi connectivity index (χ1n) is 9.73. The van der Waals surface area contributed by atoms with Gasteiger partial charge in [-0.3, -0.25) is 9.79 Å². The molecule has 2 aromatic carbocycles. The lowest BCUT2D eigenvalue weighted by molar-refractivity contribution is 0.0955. The summed E-state index contributed by atoms with van der Waals surface area (Å²) in [6, 6.07) is 12.7. The van der Waals surface area contributed by atoms with Crippen LogP contribution in [0.3, 0.4) is 0 Å². The molecule has 0 aromatic heterocycles. The van der Waals surface area contributed by atoms with Gasteiger partial charge in [-0.2, -0.15) is 0 Å². The Labute approximate surface area is 183 Å². The molecule has 0 radical (unpaired) electrons. The third-order valence-corrected chi connectivity index (χ3v) is 4.71. The van der Waals surface area contributed by atoms with Crippen LogP contribution in [0.15, 0.2) is 47.5 Å². The normalized spacial score (nSPS) is 11.0. The second-order valence-corrected chi connectivity index (χ2v) is 6.91. The van der Waals surface area contributed by atoms with Crippen LogP contribution >= 0.6 is 11.6 Å². The highest BCUT2D eigenvalue weighted by Gasteiger charge is 2.12. The third-order valence-electron chi connectivity index (χ3n) is 4.38. The van der Waals surface area contributed by atoms with E-state index in [-0.39, 0.29) is 5.91 Å². The molecular weight excluding hydrogens is 404 g/mol. The molecule has 30 heavy (non-hydrogen) atoms. The van der Waals surface area contributed by atoms with Gasteiger partial charge in [0.1, 0.15) is 11.5 Å². The van der Waals surface area contributed by atoms with Crippen LogP contribution in [0.25, 0.3) is 0 Å². The van der Waals surface area contributed by atoms with Crippen molar-refractivity contribution in [3.05, 3.63) is 58.6 Å². The number of benzene rings is 2. The van der Waals surface area contributed by atoms with E-state index in [1.54, 1.807) is 38.5 Å². The summed E-state index contributed by atoms with van der Waals surface area (Å²) in [4.78, 5) is 18.8. The van der Waals surface area contributed by atoms with E-state index in [1.807, 2.05) is 37.1 Å². The van der Waals surface area contributed by atoms with E-state index >= 15 is 0 Å². The lowest BCUT2D eigenvalue weighted by atomic mass is 10.2. The summed E-state index contributed by atoms with van der Waals surface area (Å²) in [5, 5.41) is 6.54. The molecule has 0 aliphatic rings. The van der Waals surface area contributed by atoms with Gasteiger partial charge in [-0.15, -0.1) is 0 Å². The smallest absolute Gasteiger partial charge is 0.252 e. The second kappa shape index (κ2) is 11.9. The first-order chi connectivity index (χ1) is 14.5. The lowest BCUT2D eigenvalue weighted by Gasteiger charge is -2.23. The highest BCUT2D eigenvalue weighted by Crippen LogP contribution is 2.25. The number of halogens is 1. The Balaban J connectivity index is 1.98. The standard InChI is InChI=1S/C22H29ClN4O3/c1-5-24-22(26-13-12-25-21(28)18-8-6-7-9-19(18)23)27(2)15-16-10-11-17(29-3)14-20(16)30-4/h6-11,14H,5,12-13,15H2,1-4H3,(H,24,26)(H,25,28). The average Bonchev–Trinajstić information content (AvgIpc) is 2.76. The van der Waals surface area contributed by atoms with Crippen molar-refractivity contribution < 1.29 is 14.3 Å². The fourth-order valence-corrected chi connectivity index (χ4v) is 3.08. The van der Waals surface area contributed by atoms with E-state index in [4.69, 9.17) is 21.1 Å². The van der Waals surface area contributed by atoms with Crippen molar-refractivity contribution in [1.82, 2.24) is 15.5 Å². The number of hydrogen-bond donors (Lipinski definition) is 2. The quantitative estimate of drug-likeness (QED) is 0.361. The van der Waals surface area contributed by atoms with E-state index in [9.17, 15) is 4.79 Å². The number of carbonyl (C=O) groups is 1. The molecule has 2 aromatic rings. The first-order valence-corrected chi connectivity index (χ1v) is 10.1. The molecule has 0 fully saturated rings. The molecule has 0 saturated heterocycles. The van der Waals surface area contributed by atoms with Crippen LogP contribution in [-0.2, 0) is 6.54 Å². The molecule has 0 unspecified atom stereocenters. The second-order valence-electron chi connectivity index (χ2n) is 6.51. The Hall–Kier alpha value is -2.93. The predicted octanol–water partition coefficient (Wildman–Crippen LogP) is 3.18. The van der Waals surface area contributed by atoms with Crippen molar-refractivity contribution in [2.24, 2.45) is 4.99 Å². The van der Waals surface area contributed by atoms with Crippen molar-refractivity contribution in [3.63, 3.8) is 0 Å². The number of hydrogen-bond acceptors (Lipinski definition) is 4. The summed E-state index contributed by atoms with van der Waals surface area (Å²) < 4.78 is 10.7. The molecule has 0 aliphatic heterocycles. The summed E-state index contributed by atoms with van der Waals surface area (Å²) in [5.74, 6) is 2.02. The summed E-state index contributed by atoms with van der Waals surface area (Å²) in [6.07, 6.45) is 0. The van der Waals surface area contributed by atoms with Gasteiger partial charge in [-0.1, -0.05) is 23.7 Å². The van der Waals surface area contributed by atoms with Crippen LogP contribution in [0, 0.1) is 0 Å². The number of nitrogens with zero attached hydrogens (tertiary/aromatic N) is 2. The Bertz CT molecular complexity index is 873. The number of nitrogens with one attached hydrogen (secondary N) is 2. The number of carbonyl (C=O) groups excluding carboxylic acids is 1. The van der Waals surface area contributed by atoms with Crippen molar-refractivity contribution >= 4 is 23.5 Å². The van der Waals surface area contributed by atoms with E-state index in [0.717, 1.165) is 29.6 Å². The molecule has 0 bridgehead atoms. The number of amides is 1. The largest absolute Gasteiger partial charge is 0.497 e. The van der Waals surface area contributed by atoms with E-state index in [1.165, 1.54) is 0 Å². The maximum Gasteiger partial charge on any atom is 0.252 e. The van der Waals surface area contributed by atoms with Crippen LogP contribution in [0.2, 0.25) is 5.02 Å². The maximum absolute atomic E-state index is 12.2. The van der Waals surface area contributed by atoms with Gasteiger partial charge < -0.3 is 25.0 Å². The molecule has 0 spiro atoms. The first kappa shape index (κ1) is 23.3. The van der Waals surface area contributed by atoms with Gasteiger partial charge in [0.2, 0.25) is 0 Å². The van der Waals surface area contributed by atoms with Gasteiger partial charge in [0, 0.05) is 38.3 Å². The highest BCUT2D eigenvalue weighted by atomic mass is 35.5. The maximum atomic E-state index is 12.2. The van der Waals surface area contributed by atoms with Gasteiger partial charge in [0.15, 0.2) is 5.96 Å². The van der Waals surface area contributed by atoms with Crippen LogP contribution in [0.4, 0.5) is 0 Å². The predicted molar refractivity (Wildman–Crippen MR) is 121 cm³/mol. The summed E-state index contributed by atoms with van der Waals surface area (Å²) in [5.41, 5.74) is 1.47. The van der Waals surface area contributed by atoms with Gasteiger partial charge in [0.25, 0.3) is 5.91 Å². The van der Waals surface area contributed by atoms with Gasteiger partial charge >= 0.3 is 0 Å². The average molecular weight is 433 g/mol. The van der Waals surface area contributed by atoms with Gasteiger partial charge in [-0.25, -0.2) is 0 Å². The molecular formula is C22H29ClN4O3. The highest BCUT2D eigenvalue weighted by molar-refractivity contribution is 6.33. The van der Waals surface area contributed by atoms with Crippen molar-refractivity contribution in [2.45, 2.75) is 13.5 Å². The van der Waals surface area contributed by atoms with E-state index < -0.39 is 0 Å². The molecule has 1 amide bonds. The zero-order valence-electron chi connectivity index (χ0n) is 17.9. The Morgan fingerprint density at radius 1 is 1.13 bits per heavy atom. The SMILES string of the molecule is CCNC(=NCCNC(=O)c1ccccc1Cl)N(C)Cc1ccc(OC)cc1OC. The molecule has 0 heterocycles. The molecule has 162 valence electrons. The monoisotopic (exact) mass is 432 g/mol. The van der Waals surface area contributed by atoms with Crippen LogP contribution in [0.1, 0.15) is 22.8 Å².